The minimum absolute atomic E-state index is 0.0108. The lowest BCUT2D eigenvalue weighted by molar-refractivity contribution is -0.141. The van der Waals surface area contributed by atoms with Crippen LogP contribution >= 0.6 is 0 Å². The van der Waals surface area contributed by atoms with Crippen LogP contribution in [0.15, 0.2) is 30.0 Å². The van der Waals surface area contributed by atoms with Gasteiger partial charge in [0.2, 0.25) is 0 Å². The van der Waals surface area contributed by atoms with E-state index in [0.717, 1.165) is 56.4 Å². The van der Waals surface area contributed by atoms with E-state index in [9.17, 15) is 14.7 Å². The Bertz CT molecular complexity index is 855. The van der Waals surface area contributed by atoms with Crippen LogP contribution in [0.4, 0.5) is 0 Å². The van der Waals surface area contributed by atoms with Gasteiger partial charge in [0.25, 0.3) is 11.8 Å². The molecule has 6 nitrogen and oxygen atoms in total. The van der Waals surface area contributed by atoms with E-state index in [-0.39, 0.29) is 30.4 Å². The minimum Gasteiger partial charge on any atom is -0.493 e. The normalized spacial score (nSPS) is 22.9. The van der Waals surface area contributed by atoms with Crippen molar-refractivity contribution in [2.45, 2.75) is 64.8 Å². The van der Waals surface area contributed by atoms with Crippen LogP contribution in [0, 0.1) is 11.8 Å². The number of nitrogens with zero attached hydrogens (tertiary/aromatic N) is 2. The summed E-state index contributed by atoms with van der Waals surface area (Å²) in [4.78, 5) is 30.9. The molecule has 1 atom stereocenters. The van der Waals surface area contributed by atoms with Crippen molar-refractivity contribution in [3.63, 3.8) is 0 Å². The van der Waals surface area contributed by atoms with E-state index in [4.69, 9.17) is 4.74 Å². The lowest BCUT2D eigenvalue weighted by Gasteiger charge is -2.35. The zero-order chi connectivity index (χ0) is 22.7. The number of rotatable bonds is 7. The molecule has 1 aliphatic carbocycles. The summed E-state index contributed by atoms with van der Waals surface area (Å²) >= 11 is 0. The van der Waals surface area contributed by atoms with Crippen LogP contribution < -0.4 is 4.74 Å². The maximum Gasteiger partial charge on any atom is 0.278 e. The summed E-state index contributed by atoms with van der Waals surface area (Å²) in [5, 5.41) is 9.71. The average Bonchev–Trinajstić information content (AvgIpc) is 3.08. The van der Waals surface area contributed by atoms with Gasteiger partial charge in [-0.2, -0.15) is 0 Å². The van der Waals surface area contributed by atoms with E-state index < -0.39 is 0 Å². The molecule has 1 saturated heterocycles. The van der Waals surface area contributed by atoms with Gasteiger partial charge in [0.1, 0.15) is 11.4 Å². The highest BCUT2D eigenvalue weighted by Crippen LogP contribution is 2.37. The molecule has 4 rings (SSSR count). The van der Waals surface area contributed by atoms with Gasteiger partial charge in [0.05, 0.1) is 12.2 Å². The van der Waals surface area contributed by atoms with Gasteiger partial charge in [-0.25, -0.2) is 0 Å². The summed E-state index contributed by atoms with van der Waals surface area (Å²) in [5.41, 5.74) is 1.80. The Morgan fingerprint density at radius 2 is 1.72 bits per heavy atom. The molecule has 1 unspecified atom stereocenters. The van der Waals surface area contributed by atoms with Gasteiger partial charge in [-0.05, 0) is 55.2 Å². The molecule has 174 valence electrons. The Balaban J connectivity index is 1.67. The second kappa shape index (κ2) is 10.1. The topological polar surface area (TPSA) is 70.1 Å². The van der Waals surface area contributed by atoms with Crippen molar-refractivity contribution >= 4 is 17.4 Å². The number of carbonyl (C=O) groups is 2. The molecule has 6 heteroatoms. The van der Waals surface area contributed by atoms with Gasteiger partial charge in [0.15, 0.2) is 0 Å². The quantitative estimate of drug-likeness (QED) is 0.653. The summed E-state index contributed by atoms with van der Waals surface area (Å²) in [6.07, 6.45) is 6.93. The third-order valence-electron chi connectivity index (χ3n) is 6.85. The largest absolute Gasteiger partial charge is 0.493 e. The predicted molar refractivity (Wildman–Crippen MR) is 124 cm³/mol. The first-order valence-electron chi connectivity index (χ1n) is 12.2. The molecule has 0 bridgehead atoms. The molecule has 0 spiro atoms. The standard InChI is InChI=1S/C26H36N2O4/c1-18(2)17-32-22-12-10-20(11-13-22)23-24(27-14-6-7-19(15-27)16-29)26(31)28(25(23)30)21-8-4-3-5-9-21/h10-13,18-19,21,29H,3-9,14-17H2,1-2H3. The second-order valence-electron chi connectivity index (χ2n) is 9.86. The molecule has 1 N–H and O–H groups in total. The Labute approximate surface area is 191 Å². The number of imide groups is 1. The maximum absolute atomic E-state index is 13.7. The number of piperidine rings is 1. The Morgan fingerprint density at radius 3 is 2.38 bits per heavy atom. The van der Waals surface area contributed by atoms with Gasteiger partial charge in [-0.3, -0.25) is 14.5 Å². The van der Waals surface area contributed by atoms with E-state index >= 15 is 0 Å². The average molecular weight is 441 g/mol. The first kappa shape index (κ1) is 22.8. The van der Waals surface area contributed by atoms with Crippen molar-refractivity contribution in [1.29, 1.82) is 0 Å². The van der Waals surface area contributed by atoms with Crippen molar-refractivity contribution in [2.24, 2.45) is 11.8 Å². The van der Waals surface area contributed by atoms with Crippen LogP contribution in [0.2, 0.25) is 0 Å². The molecule has 2 aliphatic heterocycles. The lowest BCUT2D eigenvalue weighted by Crippen LogP contribution is -2.45. The summed E-state index contributed by atoms with van der Waals surface area (Å²) in [7, 11) is 0. The van der Waals surface area contributed by atoms with Crippen LogP contribution in [-0.2, 0) is 9.59 Å². The summed E-state index contributed by atoms with van der Waals surface area (Å²) in [6.45, 7) is 6.30. The minimum atomic E-state index is -0.168. The van der Waals surface area contributed by atoms with Crippen molar-refractivity contribution in [3.8, 4) is 5.75 Å². The smallest absolute Gasteiger partial charge is 0.278 e. The van der Waals surface area contributed by atoms with E-state index in [1.807, 2.05) is 29.2 Å². The number of aliphatic hydroxyl groups excluding tert-OH is 1. The Kier molecular flexibility index (Phi) is 7.19. The monoisotopic (exact) mass is 440 g/mol. The highest BCUT2D eigenvalue weighted by Gasteiger charge is 2.45. The summed E-state index contributed by atoms with van der Waals surface area (Å²) in [6, 6.07) is 7.55. The first-order chi connectivity index (χ1) is 15.5. The van der Waals surface area contributed by atoms with E-state index in [1.165, 1.54) is 11.3 Å². The number of carbonyl (C=O) groups excluding carboxylic acids is 2. The predicted octanol–water partition coefficient (Wildman–Crippen LogP) is 3.84. The second-order valence-corrected chi connectivity index (χ2v) is 9.86. The van der Waals surface area contributed by atoms with Gasteiger partial charge >= 0.3 is 0 Å². The van der Waals surface area contributed by atoms with Crippen molar-refractivity contribution < 1.29 is 19.4 Å². The first-order valence-corrected chi connectivity index (χ1v) is 12.2. The van der Waals surface area contributed by atoms with E-state index in [2.05, 4.69) is 13.8 Å². The fourth-order valence-corrected chi connectivity index (χ4v) is 5.16. The number of aliphatic hydroxyl groups is 1. The van der Waals surface area contributed by atoms with Crippen molar-refractivity contribution in [2.75, 3.05) is 26.3 Å². The third-order valence-corrected chi connectivity index (χ3v) is 6.85. The number of ether oxygens (including phenoxy) is 1. The molecule has 0 radical (unpaired) electrons. The molecule has 2 fully saturated rings. The summed E-state index contributed by atoms with van der Waals surface area (Å²) in [5.74, 6) is 1.01. The van der Waals surface area contributed by atoms with Crippen LogP contribution in [0.5, 0.6) is 5.75 Å². The fraction of sp³-hybridized carbons (Fsp3) is 0.615. The molecular weight excluding hydrogens is 404 g/mol. The molecule has 1 aromatic carbocycles. The Hall–Kier alpha value is -2.34. The zero-order valence-electron chi connectivity index (χ0n) is 19.4. The Morgan fingerprint density at radius 1 is 1.00 bits per heavy atom. The van der Waals surface area contributed by atoms with Crippen molar-refractivity contribution in [3.05, 3.63) is 35.5 Å². The SMILES string of the molecule is CC(C)COc1ccc(C2=C(N3CCCC(CO)C3)C(=O)N(C3CCCCC3)C2=O)cc1. The van der Waals surface area contributed by atoms with Gasteiger partial charge in [0, 0.05) is 25.7 Å². The van der Waals surface area contributed by atoms with E-state index in [0.29, 0.717) is 30.3 Å². The van der Waals surface area contributed by atoms with Crippen LogP contribution in [0.1, 0.15) is 64.4 Å². The molecule has 2 amide bonds. The molecular formula is C26H36N2O4. The zero-order valence-corrected chi connectivity index (χ0v) is 19.4. The fourth-order valence-electron chi connectivity index (χ4n) is 5.16. The third kappa shape index (κ3) is 4.70. The highest BCUT2D eigenvalue weighted by molar-refractivity contribution is 6.35. The van der Waals surface area contributed by atoms with Crippen LogP contribution in [0.3, 0.4) is 0 Å². The highest BCUT2D eigenvalue weighted by atomic mass is 16.5. The van der Waals surface area contributed by atoms with Crippen LogP contribution in [0.25, 0.3) is 5.57 Å². The molecule has 0 aromatic heterocycles. The molecule has 1 saturated carbocycles. The van der Waals surface area contributed by atoms with Crippen molar-refractivity contribution in [1.82, 2.24) is 9.80 Å². The molecule has 1 aromatic rings. The van der Waals surface area contributed by atoms with Crippen LogP contribution in [-0.4, -0.2) is 59.1 Å². The number of hydrogen-bond acceptors (Lipinski definition) is 5. The summed E-state index contributed by atoms with van der Waals surface area (Å²) < 4.78 is 5.80. The molecule has 3 aliphatic rings. The maximum atomic E-state index is 13.7. The molecule has 2 heterocycles. The van der Waals surface area contributed by atoms with Gasteiger partial charge in [-0.15, -0.1) is 0 Å². The number of hydrogen-bond donors (Lipinski definition) is 1. The van der Waals surface area contributed by atoms with E-state index in [1.54, 1.807) is 0 Å². The lowest BCUT2D eigenvalue weighted by atomic mass is 9.94. The van der Waals surface area contributed by atoms with Gasteiger partial charge in [-0.1, -0.05) is 45.2 Å². The number of benzene rings is 1. The number of likely N-dealkylation sites (tertiary alicyclic amines) is 1. The molecule has 32 heavy (non-hydrogen) atoms. The number of amides is 2. The van der Waals surface area contributed by atoms with Gasteiger partial charge < -0.3 is 14.7 Å².